The average Bonchev–Trinajstić information content (AvgIpc) is 3.54. The number of primary amides is 1. The number of aliphatic hydroxyl groups is 2. The molecule has 1 aromatic rings. The van der Waals surface area contributed by atoms with E-state index < -0.39 is 115 Å². The summed E-state index contributed by atoms with van der Waals surface area (Å²) in [6.07, 6.45) is -6.33. The maximum absolute atomic E-state index is 12.9. The molecule has 28 heteroatoms. The Morgan fingerprint density at radius 1 is 0.955 bits per heavy atom. The second-order valence-corrected chi connectivity index (χ2v) is 16.3. The van der Waals surface area contributed by atoms with Crippen LogP contribution in [-0.2, 0) is 70.5 Å². The number of nitrogens with zero attached hydrogens (tertiary/aromatic N) is 2. The van der Waals surface area contributed by atoms with E-state index in [1.807, 2.05) is 27.7 Å². The lowest BCUT2D eigenvalue weighted by molar-refractivity contribution is -0.266. The summed E-state index contributed by atoms with van der Waals surface area (Å²) >= 11 is 0. The number of esters is 3. The fourth-order valence-corrected chi connectivity index (χ4v) is 7.37. The number of nitrogens with one attached hydrogen (secondary N) is 1. The third-order valence-corrected chi connectivity index (χ3v) is 10.2. The Morgan fingerprint density at radius 3 is 2.15 bits per heavy atom. The summed E-state index contributed by atoms with van der Waals surface area (Å²) in [5.41, 5.74) is 9.07. The Kier molecular flexibility index (Phi) is 32.6. The number of hydrogen-bond donors (Lipinski definition) is 8. The highest BCUT2D eigenvalue weighted by atomic mass is 31.2. The molecule has 2 aliphatic heterocycles. The molecule has 3 heterocycles. The van der Waals surface area contributed by atoms with Gasteiger partial charge in [-0.05, 0) is 31.7 Å². The highest BCUT2D eigenvalue weighted by Gasteiger charge is 2.50. The summed E-state index contributed by atoms with van der Waals surface area (Å²) in [5.74, 6) is -3.10. The average molecular weight is 1010 g/mol. The fourth-order valence-electron chi connectivity index (χ4n) is 6.06. The molecule has 3 rings (SSSR count). The van der Waals surface area contributed by atoms with E-state index in [1.54, 1.807) is 0 Å². The number of carbonyl (C=O) groups is 5. The van der Waals surface area contributed by atoms with Crippen LogP contribution in [0.15, 0.2) is 17.1 Å². The molecule has 2 fully saturated rings. The zero-order chi connectivity index (χ0) is 51.3. The molecule has 0 radical (unpaired) electrons. The van der Waals surface area contributed by atoms with Crippen LogP contribution in [0.5, 0.6) is 0 Å². The molecule has 2 saturated heterocycles. The molecule has 10 atom stereocenters. The van der Waals surface area contributed by atoms with Crippen molar-refractivity contribution in [2.45, 2.75) is 149 Å². The van der Waals surface area contributed by atoms with Crippen LogP contribution in [0.3, 0.4) is 0 Å². The quantitative estimate of drug-likeness (QED) is 0.0293. The van der Waals surface area contributed by atoms with E-state index >= 15 is 0 Å². The lowest BCUT2D eigenvalue weighted by atomic mass is 10.0. The number of aliphatic hydroxyl groups excluding tert-OH is 2. The molecule has 0 bridgehead atoms. The number of nitrogen functional groups attached to an aromatic ring is 1. The van der Waals surface area contributed by atoms with Gasteiger partial charge in [-0.2, -0.15) is 4.98 Å². The summed E-state index contributed by atoms with van der Waals surface area (Å²) in [6, 6.07) is 1.25. The molecular formula is C39H71N5O21P2. The number of aromatic nitrogens is 2. The molecule has 0 saturated carbocycles. The Labute approximate surface area is 390 Å². The molecule has 388 valence electrons. The molecule has 26 nitrogen and oxygen atoms in total. The number of phosphoric acid groups is 1. The van der Waals surface area contributed by atoms with Crippen molar-refractivity contribution in [1.29, 1.82) is 0 Å². The van der Waals surface area contributed by atoms with E-state index in [0.29, 0.717) is 38.6 Å². The minimum Gasteiger partial charge on any atom is -0.463 e. The summed E-state index contributed by atoms with van der Waals surface area (Å²) < 4.78 is 61.7. The zero-order valence-electron chi connectivity index (χ0n) is 39.3. The monoisotopic (exact) mass is 1010 g/mol. The molecule has 0 aromatic carbocycles. The number of carbonyl (C=O) groups excluding carboxylic acids is 5. The van der Waals surface area contributed by atoms with Gasteiger partial charge in [-0.15, -0.1) is 0 Å². The van der Waals surface area contributed by atoms with Gasteiger partial charge in [0.2, 0.25) is 11.8 Å². The highest BCUT2D eigenvalue weighted by molar-refractivity contribution is 7.47. The third-order valence-electron chi connectivity index (χ3n) is 8.79. The first-order valence-corrected chi connectivity index (χ1v) is 24.3. The molecule has 1 aromatic heterocycles. The first-order chi connectivity index (χ1) is 31.6. The van der Waals surface area contributed by atoms with Crippen LogP contribution in [0.4, 0.5) is 5.82 Å². The smallest absolute Gasteiger partial charge is 0.463 e. The lowest BCUT2D eigenvalue weighted by Crippen LogP contribution is -2.54. The molecule has 2 aliphatic rings. The lowest BCUT2D eigenvalue weighted by Gasteiger charge is -2.39. The Hall–Kier alpha value is -3.75. The molecule has 2 amide bonds. The Morgan fingerprint density at radius 2 is 1.58 bits per heavy atom. The van der Waals surface area contributed by atoms with Gasteiger partial charge in [-0.1, -0.05) is 34.1 Å². The van der Waals surface area contributed by atoms with Gasteiger partial charge >= 0.3 is 40.0 Å². The van der Waals surface area contributed by atoms with E-state index in [1.165, 1.54) is 40.0 Å². The fraction of sp³-hybridized carbons (Fsp3) is 0.769. The minimum atomic E-state index is -4.95. The predicted octanol–water partition coefficient (Wildman–Crippen LogP) is 0.982. The molecular weight excluding hydrogens is 936 g/mol. The van der Waals surface area contributed by atoms with Gasteiger partial charge in [0.15, 0.2) is 18.6 Å². The topological polar surface area (TPSA) is 386 Å². The van der Waals surface area contributed by atoms with Crippen LogP contribution in [-0.4, -0.2) is 147 Å². The summed E-state index contributed by atoms with van der Waals surface area (Å²) in [5, 5.41) is 23.5. The van der Waals surface area contributed by atoms with E-state index in [2.05, 4.69) is 16.0 Å². The highest BCUT2D eigenvalue weighted by Crippen LogP contribution is 2.49. The number of nitrogens with two attached hydrogens (primary N) is 2. The van der Waals surface area contributed by atoms with Gasteiger partial charge in [0.05, 0.1) is 13.2 Å². The van der Waals surface area contributed by atoms with Crippen molar-refractivity contribution in [3.05, 3.63) is 22.7 Å². The van der Waals surface area contributed by atoms with E-state index in [-0.39, 0.29) is 43.7 Å². The van der Waals surface area contributed by atoms with Crippen molar-refractivity contribution >= 4 is 52.0 Å². The minimum absolute atomic E-state index is 0.0508. The second-order valence-electron chi connectivity index (χ2n) is 14.2. The van der Waals surface area contributed by atoms with Gasteiger partial charge in [-0.25, -0.2) is 9.36 Å². The Balaban J connectivity index is 0.00000508. The largest absolute Gasteiger partial charge is 0.472 e. The van der Waals surface area contributed by atoms with Crippen molar-refractivity contribution in [1.82, 2.24) is 14.9 Å². The number of amides is 2. The zero-order valence-corrected chi connectivity index (χ0v) is 41.0. The van der Waals surface area contributed by atoms with Crippen molar-refractivity contribution < 1.29 is 95.4 Å². The molecule has 0 spiro atoms. The van der Waals surface area contributed by atoms with Gasteiger partial charge in [-0.3, -0.25) is 37.6 Å². The van der Waals surface area contributed by atoms with Crippen LogP contribution in [0.25, 0.3) is 0 Å². The maximum atomic E-state index is 12.9. The summed E-state index contributed by atoms with van der Waals surface area (Å²) in [6.45, 7) is 11.7. The van der Waals surface area contributed by atoms with Gasteiger partial charge in [0, 0.05) is 72.4 Å². The maximum Gasteiger partial charge on any atom is 0.472 e. The number of phosphoric ester groups is 1. The number of ether oxygens (including phenoxy) is 6. The van der Waals surface area contributed by atoms with E-state index in [4.69, 9.17) is 47.7 Å². The molecule has 67 heavy (non-hydrogen) atoms. The van der Waals surface area contributed by atoms with E-state index in [0.717, 1.165) is 4.57 Å². The van der Waals surface area contributed by atoms with Crippen LogP contribution in [0, 0.1) is 5.92 Å². The Bertz CT molecular complexity index is 1720. The van der Waals surface area contributed by atoms with Crippen LogP contribution in [0.2, 0.25) is 0 Å². The molecule has 10 unspecified atom stereocenters. The molecule has 10 N–H and O–H groups in total. The van der Waals surface area contributed by atoms with Gasteiger partial charge < -0.3 is 74.6 Å². The van der Waals surface area contributed by atoms with Crippen molar-refractivity contribution in [3.8, 4) is 0 Å². The van der Waals surface area contributed by atoms with Crippen LogP contribution >= 0.6 is 16.4 Å². The third kappa shape index (κ3) is 26.6. The normalized spacial score (nSPS) is 23.3. The number of hydrogen-bond acceptors (Lipinski definition) is 22. The standard InChI is InChI=1S/C33H54N4O20P2.C2H5NO.2C2H6/c1-19(39)50-17-24-30(54-21(3)41)23(53-20(2)40)14-28(55-24)49-13-7-5-9-27(42)35-11-6-4-8-22(15-38)16-52-59(47,48)57-31-25(18-51-58(45)46)56-32(29(31)43)37-12-10-26(34)36-33(37)44;1-2(3)4;2*1-2/h10,12,22-25,28-32,38,43,45-46H,4-9,11,13-18H2,1-3H3,(H,35,42)(H,47,48)(H2,34,36,44);1H3,(H2,3,4);2*1-2H3. The summed E-state index contributed by atoms with van der Waals surface area (Å²) in [4.78, 5) is 101. The van der Waals surface area contributed by atoms with Crippen molar-refractivity contribution in [2.75, 3.05) is 45.3 Å². The SMILES string of the molecule is CC.CC.CC(=O)OCC1OC(OCCCCC(=O)NCCCCC(CO)COP(=O)(O)OC2C(COP(O)O)OC(n3ccc(N)nc3=O)C2O)CC(OC(C)=O)C1OC(C)=O.CC(N)=O. The predicted molar refractivity (Wildman–Crippen MR) is 237 cm³/mol. The van der Waals surface area contributed by atoms with Gasteiger partial charge in [0.25, 0.3) is 0 Å². The van der Waals surface area contributed by atoms with Crippen LogP contribution < -0.4 is 22.5 Å². The number of unbranched alkanes of at least 4 members (excludes halogenated alkanes) is 2. The first kappa shape index (κ1) is 63.2. The van der Waals surface area contributed by atoms with E-state index in [9.17, 15) is 58.2 Å². The number of rotatable bonds is 25. The van der Waals surface area contributed by atoms with Crippen molar-refractivity contribution in [2.24, 2.45) is 11.7 Å². The van der Waals surface area contributed by atoms with Gasteiger partial charge in [0.1, 0.15) is 42.9 Å². The van der Waals surface area contributed by atoms with Crippen LogP contribution in [0.1, 0.15) is 107 Å². The second kappa shape index (κ2) is 34.5. The first-order valence-electron chi connectivity index (χ1n) is 21.7. The summed E-state index contributed by atoms with van der Waals surface area (Å²) in [7, 11) is -7.82. The molecule has 0 aliphatic carbocycles. The number of anilines is 1. The van der Waals surface area contributed by atoms with Crippen molar-refractivity contribution in [3.63, 3.8) is 0 Å².